The van der Waals surface area contributed by atoms with Gasteiger partial charge in [0, 0.05) is 5.69 Å². The van der Waals surface area contributed by atoms with Crippen LogP contribution in [0, 0.1) is 5.92 Å². The van der Waals surface area contributed by atoms with Crippen molar-refractivity contribution in [2.75, 3.05) is 5.32 Å². The van der Waals surface area contributed by atoms with Gasteiger partial charge in [-0.3, -0.25) is 0 Å². The van der Waals surface area contributed by atoms with Crippen LogP contribution in [0.15, 0.2) is 24.3 Å². The van der Waals surface area contributed by atoms with Crippen molar-refractivity contribution in [3.05, 3.63) is 29.8 Å². The Morgan fingerprint density at radius 2 is 1.72 bits per heavy atom. The fraction of sp³-hybridized carbons (Fsp3) is 0.417. The van der Waals surface area contributed by atoms with Crippen LogP contribution in [0.3, 0.4) is 0 Å². The highest BCUT2D eigenvalue weighted by Gasteiger charge is 2.30. The van der Waals surface area contributed by atoms with E-state index in [0.29, 0.717) is 5.69 Å². The van der Waals surface area contributed by atoms with Crippen molar-refractivity contribution in [3.8, 4) is 0 Å². The van der Waals surface area contributed by atoms with E-state index in [4.69, 9.17) is 0 Å². The van der Waals surface area contributed by atoms with Crippen LogP contribution in [-0.4, -0.2) is 12.0 Å². The molecule has 0 aliphatic carbocycles. The van der Waals surface area contributed by atoms with Gasteiger partial charge in [0.05, 0.1) is 17.6 Å². The second kappa shape index (κ2) is 5.29. The summed E-state index contributed by atoms with van der Waals surface area (Å²) in [4.78, 5) is 10.8. The number of aliphatic carboxylic acids is 1. The SMILES string of the molecule is CC(C)[C@@H](Nc1ccc(C(F)(F)F)cc1)C(=O)[O-]. The molecule has 0 unspecified atom stereocenters. The normalized spacial score (nSPS) is 13.4. The molecule has 1 rings (SSSR count). The minimum Gasteiger partial charge on any atom is -0.548 e. The zero-order chi connectivity index (χ0) is 13.9. The van der Waals surface area contributed by atoms with E-state index in [1.54, 1.807) is 13.8 Å². The van der Waals surface area contributed by atoms with E-state index >= 15 is 0 Å². The number of anilines is 1. The highest BCUT2D eigenvalue weighted by Crippen LogP contribution is 2.30. The number of nitrogens with one attached hydrogen (secondary N) is 1. The van der Waals surface area contributed by atoms with Crippen molar-refractivity contribution in [1.29, 1.82) is 0 Å². The Labute approximate surface area is 103 Å². The van der Waals surface area contributed by atoms with E-state index in [-0.39, 0.29) is 5.92 Å². The Morgan fingerprint density at radius 1 is 1.22 bits per heavy atom. The van der Waals surface area contributed by atoms with Crippen molar-refractivity contribution < 1.29 is 23.1 Å². The first-order chi connectivity index (χ1) is 8.21. The molecule has 0 saturated carbocycles. The van der Waals surface area contributed by atoms with E-state index in [1.807, 2.05) is 0 Å². The summed E-state index contributed by atoms with van der Waals surface area (Å²) in [6.45, 7) is 3.36. The molecule has 18 heavy (non-hydrogen) atoms. The molecule has 1 N–H and O–H groups in total. The molecule has 0 saturated heterocycles. The van der Waals surface area contributed by atoms with Gasteiger partial charge in [0.25, 0.3) is 0 Å². The summed E-state index contributed by atoms with van der Waals surface area (Å²) in [5.74, 6) is -1.53. The minimum atomic E-state index is -4.40. The number of carboxylic acids is 1. The summed E-state index contributed by atoms with van der Waals surface area (Å²) < 4.78 is 36.9. The van der Waals surface area contributed by atoms with Gasteiger partial charge in [-0.2, -0.15) is 13.2 Å². The van der Waals surface area contributed by atoms with Gasteiger partial charge in [0.15, 0.2) is 0 Å². The van der Waals surface area contributed by atoms with Gasteiger partial charge in [-0.05, 0) is 30.2 Å². The Balaban J connectivity index is 2.83. The predicted molar refractivity (Wildman–Crippen MR) is 58.7 cm³/mol. The molecule has 0 aromatic heterocycles. The number of alkyl halides is 3. The highest BCUT2D eigenvalue weighted by atomic mass is 19.4. The first kappa shape index (κ1) is 14.3. The smallest absolute Gasteiger partial charge is 0.416 e. The molecule has 3 nitrogen and oxygen atoms in total. The summed E-state index contributed by atoms with van der Waals surface area (Å²) in [5.41, 5.74) is -0.464. The fourth-order valence-corrected chi connectivity index (χ4v) is 1.43. The predicted octanol–water partition coefficient (Wildman–Crippen LogP) is 1.89. The third-order valence-electron chi connectivity index (χ3n) is 2.45. The lowest BCUT2D eigenvalue weighted by Gasteiger charge is -2.24. The maximum absolute atomic E-state index is 12.3. The first-order valence-corrected chi connectivity index (χ1v) is 5.36. The van der Waals surface area contributed by atoms with E-state index in [1.165, 1.54) is 12.1 Å². The lowest BCUT2D eigenvalue weighted by Crippen LogP contribution is -2.44. The van der Waals surface area contributed by atoms with Crippen LogP contribution in [-0.2, 0) is 11.0 Å². The van der Waals surface area contributed by atoms with Crippen LogP contribution in [0.5, 0.6) is 0 Å². The number of rotatable bonds is 4. The Kier molecular flexibility index (Phi) is 4.21. The molecule has 1 aromatic rings. The summed E-state index contributed by atoms with van der Waals surface area (Å²) >= 11 is 0. The molecule has 0 aliphatic rings. The van der Waals surface area contributed by atoms with Crippen molar-refractivity contribution in [3.63, 3.8) is 0 Å². The van der Waals surface area contributed by atoms with Gasteiger partial charge in [-0.15, -0.1) is 0 Å². The van der Waals surface area contributed by atoms with Crippen molar-refractivity contribution >= 4 is 11.7 Å². The van der Waals surface area contributed by atoms with Crippen molar-refractivity contribution in [2.45, 2.75) is 26.1 Å². The lowest BCUT2D eigenvalue weighted by molar-refractivity contribution is -0.307. The molecule has 100 valence electrons. The molecule has 6 heteroatoms. The van der Waals surface area contributed by atoms with Gasteiger partial charge in [-0.25, -0.2) is 0 Å². The third-order valence-corrected chi connectivity index (χ3v) is 2.45. The molecule has 0 radical (unpaired) electrons. The largest absolute Gasteiger partial charge is 0.548 e. The molecule has 0 heterocycles. The van der Waals surface area contributed by atoms with Crippen molar-refractivity contribution in [1.82, 2.24) is 0 Å². The van der Waals surface area contributed by atoms with Crippen LogP contribution >= 0.6 is 0 Å². The van der Waals surface area contributed by atoms with E-state index < -0.39 is 23.8 Å². The van der Waals surface area contributed by atoms with Gasteiger partial charge in [0.1, 0.15) is 0 Å². The summed E-state index contributed by atoms with van der Waals surface area (Å²) in [5, 5.41) is 13.4. The van der Waals surface area contributed by atoms with Gasteiger partial charge >= 0.3 is 6.18 Å². The fourth-order valence-electron chi connectivity index (χ4n) is 1.43. The number of halogens is 3. The first-order valence-electron chi connectivity index (χ1n) is 5.36. The second-order valence-corrected chi connectivity index (χ2v) is 4.26. The minimum absolute atomic E-state index is 0.239. The molecule has 0 aliphatic heterocycles. The van der Waals surface area contributed by atoms with Crippen LogP contribution in [0.1, 0.15) is 19.4 Å². The summed E-state index contributed by atoms with van der Waals surface area (Å²) in [6, 6.07) is 3.24. The maximum Gasteiger partial charge on any atom is 0.416 e. The standard InChI is InChI=1S/C12H14F3NO2/c1-7(2)10(11(17)18)16-9-5-3-8(4-6-9)12(13,14)15/h3-7,10,16H,1-2H3,(H,17,18)/p-1/t10-/m1/s1. The second-order valence-electron chi connectivity index (χ2n) is 4.26. The number of carbonyl (C=O) groups excluding carboxylic acids is 1. The van der Waals surface area contributed by atoms with Crippen LogP contribution < -0.4 is 10.4 Å². The topological polar surface area (TPSA) is 52.2 Å². The zero-order valence-corrected chi connectivity index (χ0v) is 9.91. The number of hydrogen-bond donors (Lipinski definition) is 1. The molecule has 1 aromatic carbocycles. The quantitative estimate of drug-likeness (QED) is 0.899. The van der Waals surface area contributed by atoms with Gasteiger partial charge < -0.3 is 15.2 Å². The Bertz CT molecular complexity index is 412. The zero-order valence-electron chi connectivity index (χ0n) is 9.91. The number of hydrogen-bond acceptors (Lipinski definition) is 3. The van der Waals surface area contributed by atoms with Crippen molar-refractivity contribution in [2.24, 2.45) is 5.92 Å². The van der Waals surface area contributed by atoms with Gasteiger partial charge in [0.2, 0.25) is 0 Å². The average molecular weight is 260 g/mol. The summed E-state index contributed by atoms with van der Waals surface area (Å²) in [7, 11) is 0. The number of carbonyl (C=O) groups is 1. The number of carboxylic acid groups (broad SMARTS) is 1. The van der Waals surface area contributed by atoms with E-state index in [9.17, 15) is 23.1 Å². The molecule has 0 spiro atoms. The maximum atomic E-state index is 12.3. The number of benzene rings is 1. The third kappa shape index (κ3) is 3.65. The Morgan fingerprint density at radius 3 is 2.06 bits per heavy atom. The molecule has 1 atom stereocenters. The van der Waals surface area contributed by atoms with Crippen LogP contribution in [0.4, 0.5) is 18.9 Å². The average Bonchev–Trinajstić information content (AvgIpc) is 2.24. The highest BCUT2D eigenvalue weighted by molar-refractivity contribution is 5.75. The molecular weight excluding hydrogens is 247 g/mol. The van der Waals surface area contributed by atoms with Crippen LogP contribution in [0.2, 0.25) is 0 Å². The van der Waals surface area contributed by atoms with E-state index in [0.717, 1.165) is 12.1 Å². The Hall–Kier alpha value is -1.72. The van der Waals surface area contributed by atoms with Crippen LogP contribution in [0.25, 0.3) is 0 Å². The molecule has 0 bridgehead atoms. The van der Waals surface area contributed by atoms with E-state index in [2.05, 4.69) is 5.32 Å². The monoisotopic (exact) mass is 260 g/mol. The summed E-state index contributed by atoms with van der Waals surface area (Å²) in [6.07, 6.45) is -4.40. The molecular formula is C12H13F3NO2-. The molecule has 0 amide bonds. The van der Waals surface area contributed by atoms with Gasteiger partial charge in [-0.1, -0.05) is 13.8 Å². The molecule has 0 fully saturated rings. The lowest BCUT2D eigenvalue weighted by atomic mass is 10.0.